The molecule has 1 unspecified atom stereocenters. The first-order chi connectivity index (χ1) is 7.05. The number of ketones is 1. The van der Waals surface area contributed by atoms with Crippen LogP contribution in [0.4, 0.5) is 0 Å². The fraction of sp³-hybridized carbons (Fsp3) is 0.818. The number of hydrogen-bond acceptors (Lipinski definition) is 4. The third-order valence-electron chi connectivity index (χ3n) is 3.14. The van der Waals surface area contributed by atoms with Crippen LogP contribution >= 0.6 is 0 Å². The van der Waals surface area contributed by atoms with Gasteiger partial charge in [0.1, 0.15) is 5.78 Å². The molecule has 0 heterocycles. The molecule has 1 fully saturated rings. The molecule has 0 aromatic rings. The van der Waals surface area contributed by atoms with Gasteiger partial charge in [-0.2, -0.15) is 0 Å². The average Bonchev–Trinajstić information content (AvgIpc) is 2.18. The van der Waals surface area contributed by atoms with Crippen molar-refractivity contribution in [2.75, 3.05) is 6.61 Å². The van der Waals surface area contributed by atoms with Crippen LogP contribution in [0.5, 0.6) is 0 Å². The van der Waals surface area contributed by atoms with E-state index >= 15 is 0 Å². The molecule has 1 N–H and O–H groups in total. The van der Waals surface area contributed by atoms with Gasteiger partial charge in [0.15, 0.2) is 5.41 Å². The lowest BCUT2D eigenvalue weighted by molar-refractivity contribution is -0.171. The lowest BCUT2D eigenvalue weighted by Crippen LogP contribution is -2.50. The zero-order valence-corrected chi connectivity index (χ0v) is 9.28. The predicted octanol–water partition coefficient (Wildman–Crippen LogP) is 1.06. The summed E-state index contributed by atoms with van der Waals surface area (Å²) in [6.07, 6.45) is 1.66. The number of carbonyl (C=O) groups is 2. The fourth-order valence-electron chi connectivity index (χ4n) is 2.21. The molecule has 15 heavy (non-hydrogen) atoms. The van der Waals surface area contributed by atoms with E-state index in [1.165, 1.54) is 6.92 Å². The number of aliphatic hydroxyl groups excluding tert-OH is 1. The lowest BCUT2D eigenvalue weighted by atomic mass is 9.69. The van der Waals surface area contributed by atoms with Crippen LogP contribution in [-0.2, 0) is 14.3 Å². The van der Waals surface area contributed by atoms with Crippen LogP contribution in [0, 0.1) is 5.41 Å². The molecule has 1 aliphatic rings. The largest absolute Gasteiger partial charge is 0.465 e. The summed E-state index contributed by atoms with van der Waals surface area (Å²) in [5.74, 6) is -0.849. The Labute approximate surface area is 89.6 Å². The van der Waals surface area contributed by atoms with Crippen molar-refractivity contribution in [3.63, 3.8) is 0 Å². The number of hydrogen-bond donors (Lipinski definition) is 1. The number of rotatable bonds is 3. The number of aliphatic hydroxyl groups is 1. The normalized spacial score (nSPS) is 31.0. The topological polar surface area (TPSA) is 63.6 Å². The maximum absolute atomic E-state index is 11.8. The summed E-state index contributed by atoms with van der Waals surface area (Å²) in [6.45, 7) is 3.28. The molecule has 4 heteroatoms. The molecule has 1 rings (SSSR count). The van der Waals surface area contributed by atoms with E-state index in [1.807, 2.05) is 0 Å². The van der Waals surface area contributed by atoms with Crippen LogP contribution < -0.4 is 0 Å². The Morgan fingerprint density at radius 2 is 2.13 bits per heavy atom. The highest BCUT2D eigenvalue weighted by atomic mass is 16.5. The summed E-state index contributed by atoms with van der Waals surface area (Å²) in [6, 6.07) is 0. The third-order valence-corrected chi connectivity index (χ3v) is 3.14. The second kappa shape index (κ2) is 4.75. The molecule has 1 saturated carbocycles. The molecule has 0 aromatic heterocycles. The zero-order valence-electron chi connectivity index (χ0n) is 9.28. The van der Waals surface area contributed by atoms with Crippen LogP contribution in [0.3, 0.4) is 0 Å². The highest BCUT2D eigenvalue weighted by molar-refractivity contribution is 6.03. The maximum Gasteiger partial charge on any atom is 0.322 e. The van der Waals surface area contributed by atoms with Crippen molar-refractivity contribution in [3.8, 4) is 0 Å². The molecule has 0 bridgehead atoms. The Morgan fingerprint density at radius 3 is 2.60 bits per heavy atom. The van der Waals surface area contributed by atoms with E-state index in [9.17, 15) is 14.7 Å². The van der Waals surface area contributed by atoms with Crippen LogP contribution in [0.1, 0.15) is 39.5 Å². The van der Waals surface area contributed by atoms with Gasteiger partial charge in [-0.1, -0.05) is 12.8 Å². The standard InChI is InChI=1S/C11H18O4/c1-3-15-10(14)11(8(2)12)7-5-4-6-9(11)13/h9,13H,3-7H2,1-2H3/t9?,11-/m0/s1. The van der Waals surface area contributed by atoms with E-state index in [1.54, 1.807) is 6.92 Å². The summed E-state index contributed by atoms with van der Waals surface area (Å²) in [7, 11) is 0. The molecule has 0 amide bonds. The second-order valence-electron chi connectivity index (χ2n) is 4.01. The van der Waals surface area contributed by atoms with Gasteiger partial charge >= 0.3 is 5.97 Å². The van der Waals surface area contributed by atoms with Crippen molar-refractivity contribution in [3.05, 3.63) is 0 Å². The second-order valence-corrected chi connectivity index (χ2v) is 4.01. The Bertz CT molecular complexity index is 261. The SMILES string of the molecule is CCOC(=O)[C@]1(C(C)=O)CCCCC1O. The van der Waals surface area contributed by atoms with Crippen LogP contribution in [0.2, 0.25) is 0 Å². The average molecular weight is 214 g/mol. The van der Waals surface area contributed by atoms with Gasteiger partial charge in [0.2, 0.25) is 0 Å². The van der Waals surface area contributed by atoms with Gasteiger partial charge in [0.25, 0.3) is 0 Å². The first kappa shape index (κ1) is 12.2. The number of carbonyl (C=O) groups excluding carboxylic acids is 2. The van der Waals surface area contributed by atoms with Crippen molar-refractivity contribution in [2.24, 2.45) is 5.41 Å². The van der Waals surface area contributed by atoms with Crippen molar-refractivity contribution >= 4 is 11.8 Å². The molecular weight excluding hydrogens is 196 g/mol. The zero-order chi connectivity index (χ0) is 11.5. The summed E-state index contributed by atoms with van der Waals surface area (Å²) < 4.78 is 4.90. The summed E-state index contributed by atoms with van der Waals surface area (Å²) in [5, 5.41) is 9.87. The van der Waals surface area contributed by atoms with Gasteiger partial charge in [0.05, 0.1) is 12.7 Å². The molecule has 0 aliphatic heterocycles. The quantitative estimate of drug-likeness (QED) is 0.563. The Kier molecular flexibility index (Phi) is 3.85. The molecule has 1 aliphatic carbocycles. The highest BCUT2D eigenvalue weighted by Crippen LogP contribution is 2.38. The lowest BCUT2D eigenvalue weighted by Gasteiger charge is -2.36. The first-order valence-electron chi connectivity index (χ1n) is 5.42. The Balaban J connectivity index is 2.95. The van der Waals surface area contributed by atoms with E-state index in [2.05, 4.69) is 0 Å². The van der Waals surface area contributed by atoms with Crippen LogP contribution in [-0.4, -0.2) is 29.6 Å². The van der Waals surface area contributed by atoms with Gasteiger partial charge < -0.3 is 9.84 Å². The van der Waals surface area contributed by atoms with Crippen molar-refractivity contribution in [2.45, 2.75) is 45.6 Å². The van der Waals surface area contributed by atoms with E-state index in [4.69, 9.17) is 4.74 Å². The molecule has 86 valence electrons. The first-order valence-corrected chi connectivity index (χ1v) is 5.42. The van der Waals surface area contributed by atoms with Crippen molar-refractivity contribution in [1.82, 2.24) is 0 Å². The van der Waals surface area contributed by atoms with Gasteiger partial charge in [0, 0.05) is 0 Å². The van der Waals surface area contributed by atoms with Gasteiger partial charge in [-0.3, -0.25) is 9.59 Å². The molecule has 0 spiro atoms. The molecule has 0 aromatic carbocycles. The van der Waals surface area contributed by atoms with Crippen LogP contribution in [0.15, 0.2) is 0 Å². The number of ether oxygens (including phenoxy) is 1. The van der Waals surface area contributed by atoms with E-state index in [-0.39, 0.29) is 12.4 Å². The third kappa shape index (κ3) is 2.04. The molecule has 0 radical (unpaired) electrons. The van der Waals surface area contributed by atoms with Gasteiger partial charge in [-0.15, -0.1) is 0 Å². The maximum atomic E-state index is 11.8. The number of esters is 1. The van der Waals surface area contributed by atoms with Gasteiger partial charge in [-0.05, 0) is 26.7 Å². The minimum absolute atomic E-state index is 0.237. The fourth-order valence-corrected chi connectivity index (χ4v) is 2.21. The molecule has 2 atom stereocenters. The van der Waals surface area contributed by atoms with Crippen molar-refractivity contribution in [1.29, 1.82) is 0 Å². The minimum atomic E-state index is -1.30. The summed E-state index contributed by atoms with van der Waals surface area (Å²) in [5.41, 5.74) is -1.30. The van der Waals surface area contributed by atoms with Crippen molar-refractivity contribution < 1.29 is 19.4 Å². The Morgan fingerprint density at radius 1 is 1.47 bits per heavy atom. The van der Waals surface area contributed by atoms with E-state index in [0.29, 0.717) is 12.8 Å². The smallest absolute Gasteiger partial charge is 0.322 e. The van der Waals surface area contributed by atoms with Crippen LogP contribution in [0.25, 0.3) is 0 Å². The predicted molar refractivity (Wildman–Crippen MR) is 54.2 cm³/mol. The minimum Gasteiger partial charge on any atom is -0.465 e. The van der Waals surface area contributed by atoms with Gasteiger partial charge in [-0.25, -0.2) is 0 Å². The molecule has 4 nitrogen and oxygen atoms in total. The Hall–Kier alpha value is -0.900. The molecule has 0 saturated heterocycles. The number of Topliss-reactive ketones (excluding diaryl/α,β-unsaturated/α-hetero) is 1. The van der Waals surface area contributed by atoms with E-state index < -0.39 is 17.5 Å². The molecular formula is C11H18O4. The monoisotopic (exact) mass is 214 g/mol. The highest BCUT2D eigenvalue weighted by Gasteiger charge is 2.51. The van der Waals surface area contributed by atoms with E-state index in [0.717, 1.165) is 12.8 Å². The summed E-state index contributed by atoms with van der Waals surface area (Å²) >= 11 is 0. The summed E-state index contributed by atoms with van der Waals surface area (Å²) in [4.78, 5) is 23.4.